The van der Waals surface area contributed by atoms with Crippen molar-refractivity contribution in [3.05, 3.63) is 46.5 Å². The maximum Gasteiger partial charge on any atom is 0.119 e. The van der Waals surface area contributed by atoms with Gasteiger partial charge in [-0.3, -0.25) is 4.57 Å². The van der Waals surface area contributed by atoms with Crippen molar-refractivity contribution < 1.29 is 0 Å². The largest absolute Gasteiger partial charge is 0.311 e. The van der Waals surface area contributed by atoms with Crippen LogP contribution in [0.2, 0.25) is 0 Å². The minimum absolute atomic E-state index is 0.0352. The number of nitrogens with one attached hydrogen (secondary N) is 1. The molecule has 2 aromatic rings. The fraction of sp³-hybridized carbons (Fsp3) is 0.500. The van der Waals surface area contributed by atoms with E-state index in [-0.39, 0.29) is 5.41 Å². The predicted octanol–water partition coefficient (Wildman–Crippen LogP) is 3.43. The zero-order chi connectivity index (χ0) is 15.2. The van der Waals surface area contributed by atoms with E-state index in [1.165, 1.54) is 34.0 Å². The van der Waals surface area contributed by atoms with Crippen LogP contribution in [0, 0.1) is 13.8 Å². The van der Waals surface area contributed by atoms with Gasteiger partial charge in [0.25, 0.3) is 0 Å². The third-order valence-electron chi connectivity index (χ3n) is 4.16. The number of aryl methyl sites for hydroxylation is 2. The highest BCUT2D eigenvalue weighted by Crippen LogP contribution is 2.31. The van der Waals surface area contributed by atoms with Crippen LogP contribution >= 0.6 is 0 Å². The Labute approximate surface area is 127 Å². The van der Waals surface area contributed by atoms with Gasteiger partial charge in [0.05, 0.1) is 11.4 Å². The molecule has 1 aromatic carbocycles. The molecular formula is C18H25N3. The van der Waals surface area contributed by atoms with Crippen LogP contribution in [0.25, 0.3) is 5.69 Å². The Hall–Kier alpha value is -1.61. The Bertz CT molecular complexity index is 675. The molecule has 0 atom stereocenters. The van der Waals surface area contributed by atoms with Gasteiger partial charge in [-0.05, 0) is 31.0 Å². The first-order valence-corrected chi connectivity index (χ1v) is 7.77. The van der Waals surface area contributed by atoms with Gasteiger partial charge in [0.15, 0.2) is 0 Å². The van der Waals surface area contributed by atoms with Gasteiger partial charge < -0.3 is 5.32 Å². The van der Waals surface area contributed by atoms with Crippen LogP contribution in [0.5, 0.6) is 0 Å². The number of rotatable bonds is 1. The molecule has 112 valence electrons. The summed E-state index contributed by atoms with van der Waals surface area (Å²) < 4.78 is 2.42. The topological polar surface area (TPSA) is 29.9 Å². The van der Waals surface area contributed by atoms with Crippen LogP contribution in [0.4, 0.5) is 0 Å². The van der Waals surface area contributed by atoms with Crippen LogP contribution in [0.1, 0.15) is 49.1 Å². The van der Waals surface area contributed by atoms with Gasteiger partial charge in [0.2, 0.25) is 0 Å². The molecule has 0 saturated heterocycles. The maximum absolute atomic E-state index is 4.97. The maximum atomic E-state index is 4.97. The molecule has 1 aromatic heterocycles. The Balaban J connectivity index is 2.29. The molecule has 0 aliphatic carbocycles. The number of fused-ring (bicyclic) bond motifs is 1. The molecule has 0 fully saturated rings. The van der Waals surface area contributed by atoms with E-state index in [1.54, 1.807) is 0 Å². The van der Waals surface area contributed by atoms with E-state index >= 15 is 0 Å². The van der Waals surface area contributed by atoms with E-state index in [9.17, 15) is 0 Å². The Morgan fingerprint density at radius 2 is 1.95 bits per heavy atom. The molecule has 3 nitrogen and oxygen atoms in total. The first-order chi connectivity index (χ1) is 9.88. The van der Waals surface area contributed by atoms with Crippen molar-refractivity contribution in [2.45, 2.75) is 53.0 Å². The number of aromatic nitrogens is 2. The summed E-state index contributed by atoms with van der Waals surface area (Å²) in [4.78, 5) is 4.97. The van der Waals surface area contributed by atoms with Crippen molar-refractivity contribution in [2.75, 3.05) is 6.54 Å². The summed E-state index contributed by atoms with van der Waals surface area (Å²) in [6, 6.07) is 6.68. The lowest BCUT2D eigenvalue weighted by atomic mass is 9.95. The molecule has 1 aliphatic rings. The Kier molecular flexibility index (Phi) is 3.40. The third kappa shape index (κ3) is 2.51. The average Bonchev–Trinajstić information content (AvgIpc) is 2.81. The van der Waals surface area contributed by atoms with Crippen LogP contribution in [-0.2, 0) is 18.4 Å². The molecule has 0 amide bonds. The molecule has 0 unspecified atom stereocenters. The lowest BCUT2D eigenvalue weighted by molar-refractivity contribution is 0.532. The first kappa shape index (κ1) is 14.3. The van der Waals surface area contributed by atoms with Crippen molar-refractivity contribution in [3.8, 4) is 5.69 Å². The number of hydrogen-bond donors (Lipinski definition) is 1. The van der Waals surface area contributed by atoms with Gasteiger partial charge in [-0.25, -0.2) is 4.98 Å². The van der Waals surface area contributed by atoms with E-state index in [4.69, 9.17) is 4.98 Å². The predicted molar refractivity (Wildman–Crippen MR) is 87.1 cm³/mol. The molecule has 2 heterocycles. The summed E-state index contributed by atoms with van der Waals surface area (Å²) in [6.07, 6.45) is 1.05. The van der Waals surface area contributed by atoms with Crippen LogP contribution in [0.3, 0.4) is 0 Å². The highest BCUT2D eigenvalue weighted by Gasteiger charge is 2.28. The van der Waals surface area contributed by atoms with Crippen LogP contribution in [-0.4, -0.2) is 16.1 Å². The zero-order valence-electron chi connectivity index (χ0n) is 13.7. The molecule has 3 heteroatoms. The van der Waals surface area contributed by atoms with E-state index in [2.05, 4.69) is 62.7 Å². The Morgan fingerprint density at radius 3 is 2.67 bits per heavy atom. The monoisotopic (exact) mass is 283 g/mol. The fourth-order valence-corrected chi connectivity index (χ4v) is 3.03. The van der Waals surface area contributed by atoms with Crippen LogP contribution < -0.4 is 5.32 Å². The highest BCUT2D eigenvalue weighted by molar-refractivity contribution is 5.47. The summed E-state index contributed by atoms with van der Waals surface area (Å²) in [5.41, 5.74) is 6.53. The highest BCUT2D eigenvalue weighted by atomic mass is 15.1. The first-order valence-electron chi connectivity index (χ1n) is 7.77. The molecule has 1 aliphatic heterocycles. The number of benzene rings is 1. The standard InChI is InChI=1S/C18H25N3/c1-12-6-7-13(2)16(10-12)21-15-8-9-19-11-14(15)20-17(21)18(3,4)5/h6-7,10,19H,8-9,11H2,1-5H3. The summed E-state index contributed by atoms with van der Waals surface area (Å²) >= 11 is 0. The molecule has 0 saturated carbocycles. The summed E-state index contributed by atoms with van der Waals surface area (Å²) in [6.45, 7) is 13.0. The third-order valence-corrected chi connectivity index (χ3v) is 4.16. The molecule has 1 N–H and O–H groups in total. The lowest BCUT2D eigenvalue weighted by Gasteiger charge is -2.23. The number of imidazole rings is 1. The van der Waals surface area contributed by atoms with Gasteiger partial charge in [0.1, 0.15) is 5.82 Å². The second-order valence-electron chi connectivity index (χ2n) is 7.13. The fourth-order valence-electron chi connectivity index (χ4n) is 3.03. The van der Waals surface area contributed by atoms with E-state index in [0.717, 1.165) is 19.5 Å². The minimum Gasteiger partial charge on any atom is -0.311 e. The number of nitrogens with zero attached hydrogens (tertiary/aromatic N) is 2. The van der Waals surface area contributed by atoms with E-state index in [1.807, 2.05) is 0 Å². The molecule has 0 spiro atoms. The zero-order valence-corrected chi connectivity index (χ0v) is 13.7. The van der Waals surface area contributed by atoms with Crippen molar-refractivity contribution in [2.24, 2.45) is 0 Å². The SMILES string of the molecule is Cc1ccc(C)c(-n2c(C(C)(C)C)nc3c2CCNC3)c1. The normalized spacial score (nSPS) is 15.1. The van der Waals surface area contributed by atoms with Gasteiger partial charge in [-0.2, -0.15) is 0 Å². The molecule has 0 radical (unpaired) electrons. The smallest absolute Gasteiger partial charge is 0.119 e. The van der Waals surface area contributed by atoms with Crippen LogP contribution in [0.15, 0.2) is 18.2 Å². The summed E-state index contributed by atoms with van der Waals surface area (Å²) in [5, 5.41) is 3.43. The quantitative estimate of drug-likeness (QED) is 0.869. The second-order valence-corrected chi connectivity index (χ2v) is 7.13. The number of hydrogen-bond acceptors (Lipinski definition) is 2. The molecule has 21 heavy (non-hydrogen) atoms. The van der Waals surface area contributed by atoms with Crippen molar-refractivity contribution in [3.63, 3.8) is 0 Å². The average molecular weight is 283 g/mol. The van der Waals surface area contributed by atoms with Gasteiger partial charge in [-0.15, -0.1) is 0 Å². The van der Waals surface area contributed by atoms with Gasteiger partial charge >= 0.3 is 0 Å². The lowest BCUT2D eigenvalue weighted by Crippen LogP contribution is -2.25. The molecule has 0 bridgehead atoms. The van der Waals surface area contributed by atoms with Crippen molar-refractivity contribution >= 4 is 0 Å². The second kappa shape index (κ2) is 4.99. The minimum atomic E-state index is 0.0352. The Morgan fingerprint density at radius 1 is 1.19 bits per heavy atom. The molecular weight excluding hydrogens is 258 g/mol. The van der Waals surface area contributed by atoms with E-state index < -0.39 is 0 Å². The van der Waals surface area contributed by atoms with Crippen molar-refractivity contribution in [1.82, 2.24) is 14.9 Å². The summed E-state index contributed by atoms with van der Waals surface area (Å²) in [5.74, 6) is 1.17. The van der Waals surface area contributed by atoms with Crippen molar-refractivity contribution in [1.29, 1.82) is 0 Å². The summed E-state index contributed by atoms with van der Waals surface area (Å²) in [7, 11) is 0. The molecule has 3 rings (SSSR count). The van der Waals surface area contributed by atoms with Gasteiger partial charge in [0, 0.05) is 30.6 Å². The van der Waals surface area contributed by atoms with E-state index in [0.29, 0.717) is 0 Å². The van der Waals surface area contributed by atoms with Gasteiger partial charge in [-0.1, -0.05) is 32.9 Å².